The maximum atomic E-state index is 13.2. The van der Waals surface area contributed by atoms with Crippen LogP contribution in [0.4, 0.5) is 4.39 Å². The van der Waals surface area contributed by atoms with Gasteiger partial charge in [0.15, 0.2) is 0 Å². The van der Waals surface area contributed by atoms with Crippen molar-refractivity contribution >= 4 is 29.1 Å². The number of amides is 1. The van der Waals surface area contributed by atoms with Gasteiger partial charge >= 0.3 is 0 Å². The molecular weight excluding hydrogens is 268 g/mol. The molecule has 17 heavy (non-hydrogen) atoms. The first-order chi connectivity index (χ1) is 7.95. The molecule has 0 spiro atoms. The first-order valence-electron chi connectivity index (χ1n) is 4.90. The molecule has 1 amide bonds. The van der Waals surface area contributed by atoms with Gasteiger partial charge in [0.25, 0.3) is 5.91 Å². The monoisotopic (exact) mass is 279 g/mol. The first-order valence-corrected chi connectivity index (χ1v) is 5.65. The Bertz CT molecular complexity index is 426. The number of benzene rings is 1. The minimum atomic E-state index is -0.680. The van der Waals surface area contributed by atoms with Gasteiger partial charge in [0, 0.05) is 13.2 Å². The van der Waals surface area contributed by atoms with Crippen molar-refractivity contribution in [3.05, 3.63) is 33.6 Å². The molecule has 1 N–H and O–H groups in total. The number of carbonyl (C=O) groups is 1. The quantitative estimate of drug-likeness (QED) is 0.861. The fourth-order valence-electron chi connectivity index (χ4n) is 1.29. The highest BCUT2D eigenvalue weighted by molar-refractivity contribution is 6.36. The fourth-order valence-corrected chi connectivity index (χ4v) is 1.76. The molecule has 0 saturated carbocycles. The van der Waals surface area contributed by atoms with Crippen molar-refractivity contribution in [1.29, 1.82) is 0 Å². The number of carbonyl (C=O) groups excluding carboxylic acids is 1. The number of hydrogen-bond donors (Lipinski definition) is 1. The highest BCUT2D eigenvalue weighted by Crippen LogP contribution is 2.24. The Kier molecular flexibility index (Phi) is 5.18. The van der Waals surface area contributed by atoms with Crippen LogP contribution in [0.15, 0.2) is 12.1 Å². The third-order valence-electron chi connectivity index (χ3n) is 2.05. The molecule has 0 fully saturated rings. The van der Waals surface area contributed by atoms with E-state index in [1.807, 2.05) is 0 Å². The van der Waals surface area contributed by atoms with Gasteiger partial charge in [0.2, 0.25) is 0 Å². The van der Waals surface area contributed by atoms with Crippen molar-refractivity contribution in [3.63, 3.8) is 0 Å². The van der Waals surface area contributed by atoms with E-state index in [4.69, 9.17) is 27.9 Å². The van der Waals surface area contributed by atoms with E-state index in [9.17, 15) is 9.18 Å². The van der Waals surface area contributed by atoms with Gasteiger partial charge in [0.05, 0.1) is 22.2 Å². The van der Waals surface area contributed by atoms with E-state index in [1.54, 1.807) is 6.92 Å². The maximum Gasteiger partial charge on any atom is 0.253 e. The second-order valence-corrected chi connectivity index (χ2v) is 4.39. The van der Waals surface area contributed by atoms with Crippen molar-refractivity contribution in [3.8, 4) is 0 Å². The summed E-state index contributed by atoms with van der Waals surface area (Å²) in [5, 5.41) is 2.62. The van der Waals surface area contributed by atoms with Crippen LogP contribution < -0.4 is 5.32 Å². The molecule has 0 saturated heterocycles. The number of hydrogen-bond acceptors (Lipinski definition) is 2. The summed E-state index contributed by atoms with van der Waals surface area (Å²) in [6.07, 6.45) is 0. The summed E-state index contributed by atoms with van der Waals surface area (Å²) >= 11 is 11.3. The average Bonchev–Trinajstić information content (AvgIpc) is 2.23. The SMILES string of the molecule is COC[C@H](C)NC(=O)c1cc(F)c(Cl)cc1Cl. The van der Waals surface area contributed by atoms with Gasteiger partial charge in [-0.25, -0.2) is 4.39 Å². The number of nitrogens with one attached hydrogen (secondary N) is 1. The summed E-state index contributed by atoms with van der Waals surface area (Å²) in [5.41, 5.74) is 0.0523. The summed E-state index contributed by atoms with van der Waals surface area (Å²) in [7, 11) is 1.53. The number of methoxy groups -OCH3 is 1. The summed E-state index contributed by atoms with van der Waals surface area (Å²) < 4.78 is 18.1. The van der Waals surface area contributed by atoms with Gasteiger partial charge < -0.3 is 10.1 Å². The van der Waals surface area contributed by atoms with E-state index in [1.165, 1.54) is 13.2 Å². The molecule has 1 aromatic carbocycles. The lowest BCUT2D eigenvalue weighted by Gasteiger charge is -2.13. The van der Waals surface area contributed by atoms with Crippen molar-refractivity contribution in [2.45, 2.75) is 13.0 Å². The van der Waals surface area contributed by atoms with E-state index in [-0.39, 0.29) is 21.7 Å². The van der Waals surface area contributed by atoms with E-state index in [0.717, 1.165) is 6.07 Å². The Hall–Kier alpha value is -0.840. The van der Waals surface area contributed by atoms with Crippen LogP contribution in [-0.4, -0.2) is 25.7 Å². The van der Waals surface area contributed by atoms with Gasteiger partial charge in [-0.1, -0.05) is 23.2 Å². The lowest BCUT2D eigenvalue weighted by atomic mass is 10.2. The number of halogens is 3. The molecular formula is C11H12Cl2FNO2. The Morgan fingerprint density at radius 3 is 2.71 bits per heavy atom. The highest BCUT2D eigenvalue weighted by Gasteiger charge is 2.15. The largest absolute Gasteiger partial charge is 0.383 e. The van der Waals surface area contributed by atoms with Crippen LogP contribution in [0.25, 0.3) is 0 Å². The Morgan fingerprint density at radius 1 is 1.47 bits per heavy atom. The van der Waals surface area contributed by atoms with Gasteiger partial charge in [-0.05, 0) is 19.1 Å². The van der Waals surface area contributed by atoms with Crippen molar-refractivity contribution in [2.24, 2.45) is 0 Å². The second kappa shape index (κ2) is 6.19. The van der Waals surface area contributed by atoms with Crippen LogP contribution in [0, 0.1) is 5.82 Å². The minimum absolute atomic E-state index is 0.0523. The Labute approximate surface area is 109 Å². The van der Waals surface area contributed by atoms with Crippen molar-refractivity contribution in [1.82, 2.24) is 5.32 Å². The van der Waals surface area contributed by atoms with Crippen LogP contribution in [-0.2, 0) is 4.74 Å². The molecule has 0 unspecified atom stereocenters. The van der Waals surface area contributed by atoms with E-state index < -0.39 is 11.7 Å². The maximum absolute atomic E-state index is 13.2. The first kappa shape index (κ1) is 14.2. The van der Waals surface area contributed by atoms with Gasteiger partial charge in [-0.15, -0.1) is 0 Å². The van der Waals surface area contributed by atoms with E-state index in [0.29, 0.717) is 6.61 Å². The second-order valence-electron chi connectivity index (χ2n) is 3.58. The molecule has 0 radical (unpaired) electrons. The van der Waals surface area contributed by atoms with Crippen molar-refractivity contribution in [2.75, 3.05) is 13.7 Å². The molecule has 1 atom stereocenters. The molecule has 1 rings (SSSR count). The van der Waals surface area contributed by atoms with Gasteiger partial charge in [-0.2, -0.15) is 0 Å². The predicted octanol–water partition coefficient (Wildman–Crippen LogP) is 2.90. The normalized spacial score (nSPS) is 12.3. The predicted molar refractivity (Wildman–Crippen MR) is 65.2 cm³/mol. The third-order valence-corrected chi connectivity index (χ3v) is 2.65. The number of ether oxygens (including phenoxy) is 1. The molecule has 0 heterocycles. The zero-order valence-electron chi connectivity index (χ0n) is 9.39. The van der Waals surface area contributed by atoms with E-state index >= 15 is 0 Å². The molecule has 3 nitrogen and oxygen atoms in total. The topological polar surface area (TPSA) is 38.3 Å². The number of rotatable bonds is 4. The third kappa shape index (κ3) is 3.84. The summed E-state index contributed by atoms with van der Waals surface area (Å²) in [6.45, 7) is 2.13. The van der Waals surface area contributed by atoms with Gasteiger partial charge in [0.1, 0.15) is 5.82 Å². The summed E-state index contributed by atoms with van der Waals surface area (Å²) in [6, 6.07) is 2.02. The molecule has 0 aliphatic heterocycles. The Morgan fingerprint density at radius 2 is 2.12 bits per heavy atom. The molecule has 0 aliphatic rings. The molecule has 1 aromatic rings. The van der Waals surface area contributed by atoms with E-state index in [2.05, 4.69) is 5.32 Å². The highest BCUT2D eigenvalue weighted by atomic mass is 35.5. The van der Waals surface area contributed by atoms with Gasteiger partial charge in [-0.3, -0.25) is 4.79 Å². The fraction of sp³-hybridized carbons (Fsp3) is 0.364. The molecule has 0 aliphatic carbocycles. The summed E-state index contributed by atoms with van der Waals surface area (Å²) in [4.78, 5) is 11.8. The molecule has 0 bridgehead atoms. The zero-order chi connectivity index (χ0) is 13.0. The molecule has 94 valence electrons. The van der Waals surface area contributed by atoms with Crippen LogP contribution in [0.3, 0.4) is 0 Å². The lowest BCUT2D eigenvalue weighted by molar-refractivity contribution is 0.0905. The minimum Gasteiger partial charge on any atom is -0.383 e. The van der Waals surface area contributed by atoms with Crippen LogP contribution >= 0.6 is 23.2 Å². The standard InChI is InChI=1S/C11H12Cl2FNO2/c1-6(5-17-2)15-11(16)7-3-10(14)9(13)4-8(7)12/h3-4,6H,5H2,1-2H3,(H,15,16)/t6-/m0/s1. The lowest BCUT2D eigenvalue weighted by Crippen LogP contribution is -2.35. The zero-order valence-corrected chi connectivity index (χ0v) is 10.9. The summed E-state index contributed by atoms with van der Waals surface area (Å²) in [5.74, 6) is -1.14. The smallest absolute Gasteiger partial charge is 0.253 e. The average molecular weight is 280 g/mol. The van der Waals surface area contributed by atoms with Crippen molar-refractivity contribution < 1.29 is 13.9 Å². The molecule has 6 heteroatoms. The van der Waals surface area contributed by atoms with Crippen LogP contribution in [0.1, 0.15) is 17.3 Å². The van der Waals surface area contributed by atoms with Crippen LogP contribution in [0.2, 0.25) is 10.0 Å². The molecule has 0 aromatic heterocycles. The van der Waals surface area contributed by atoms with Crippen LogP contribution in [0.5, 0.6) is 0 Å². The Balaban J connectivity index is 2.86.